The van der Waals surface area contributed by atoms with Gasteiger partial charge in [-0.1, -0.05) is 13.8 Å². The van der Waals surface area contributed by atoms with Crippen molar-refractivity contribution in [3.63, 3.8) is 0 Å². The van der Waals surface area contributed by atoms with Crippen LogP contribution in [0.5, 0.6) is 0 Å². The first-order valence-electron chi connectivity index (χ1n) is 10.2. The van der Waals surface area contributed by atoms with Crippen molar-refractivity contribution >= 4 is 5.78 Å². The van der Waals surface area contributed by atoms with Crippen LogP contribution in [0.2, 0.25) is 0 Å². The van der Waals surface area contributed by atoms with Crippen LogP contribution in [0.3, 0.4) is 0 Å². The Morgan fingerprint density at radius 3 is 2.42 bits per heavy atom. The molecule has 4 aliphatic carbocycles. The number of rotatable bonds is 1. The standard InChI is InChI=1S/C21H34O3/c1-12(22)15-4-5-16-14-11-19(24)18-10-13(23)6-8-21(18,3)17(14)7-9-20(15,16)2/h12-18,22-23H,4-11H2,1-3H3/t12-,13-,14-,15+,16+,17+,18+,20+,21-/m0/s1. The molecule has 0 radical (unpaired) electrons. The van der Waals surface area contributed by atoms with E-state index in [1.54, 1.807) is 0 Å². The van der Waals surface area contributed by atoms with E-state index in [4.69, 9.17) is 0 Å². The summed E-state index contributed by atoms with van der Waals surface area (Å²) in [6, 6.07) is 0. The summed E-state index contributed by atoms with van der Waals surface area (Å²) in [5, 5.41) is 20.4. The maximum absolute atomic E-state index is 13.0. The summed E-state index contributed by atoms with van der Waals surface area (Å²) in [4.78, 5) is 13.0. The molecule has 0 amide bonds. The van der Waals surface area contributed by atoms with E-state index >= 15 is 0 Å². The van der Waals surface area contributed by atoms with Crippen LogP contribution in [-0.4, -0.2) is 28.2 Å². The molecular formula is C21H34O3. The van der Waals surface area contributed by atoms with Gasteiger partial charge in [0.1, 0.15) is 5.78 Å². The zero-order chi connectivity index (χ0) is 17.3. The molecule has 0 spiro atoms. The molecule has 0 saturated heterocycles. The molecule has 0 bridgehead atoms. The Kier molecular flexibility index (Phi) is 3.93. The highest BCUT2D eigenvalue weighted by atomic mass is 16.3. The van der Waals surface area contributed by atoms with E-state index in [2.05, 4.69) is 13.8 Å². The smallest absolute Gasteiger partial charge is 0.136 e. The van der Waals surface area contributed by atoms with Gasteiger partial charge in [0.25, 0.3) is 0 Å². The van der Waals surface area contributed by atoms with E-state index in [1.807, 2.05) is 6.92 Å². The fourth-order valence-electron chi connectivity index (χ4n) is 7.85. The van der Waals surface area contributed by atoms with Crippen LogP contribution >= 0.6 is 0 Å². The van der Waals surface area contributed by atoms with Crippen LogP contribution in [0.1, 0.15) is 72.1 Å². The fourth-order valence-corrected chi connectivity index (χ4v) is 7.85. The zero-order valence-corrected chi connectivity index (χ0v) is 15.5. The van der Waals surface area contributed by atoms with Gasteiger partial charge in [-0.05, 0) is 86.4 Å². The molecule has 0 heterocycles. The Bertz CT molecular complexity index is 529. The third kappa shape index (κ3) is 2.19. The van der Waals surface area contributed by atoms with Gasteiger partial charge in [-0.2, -0.15) is 0 Å². The van der Waals surface area contributed by atoms with Crippen LogP contribution in [0.4, 0.5) is 0 Å². The molecule has 0 aromatic rings. The lowest BCUT2D eigenvalue weighted by atomic mass is 9.44. The van der Waals surface area contributed by atoms with Gasteiger partial charge in [0, 0.05) is 12.3 Å². The van der Waals surface area contributed by atoms with Crippen LogP contribution in [0.15, 0.2) is 0 Å². The van der Waals surface area contributed by atoms with Gasteiger partial charge in [-0.25, -0.2) is 0 Å². The van der Waals surface area contributed by atoms with Crippen molar-refractivity contribution in [1.29, 1.82) is 0 Å². The molecule has 136 valence electrons. The molecule has 9 atom stereocenters. The second kappa shape index (κ2) is 5.54. The summed E-state index contributed by atoms with van der Waals surface area (Å²) in [6.45, 7) is 6.69. The Labute approximate surface area is 146 Å². The first-order chi connectivity index (χ1) is 11.3. The van der Waals surface area contributed by atoms with Gasteiger partial charge in [0.15, 0.2) is 0 Å². The largest absolute Gasteiger partial charge is 0.393 e. The summed E-state index contributed by atoms with van der Waals surface area (Å²) in [6.07, 6.45) is 7.49. The monoisotopic (exact) mass is 334 g/mol. The first kappa shape index (κ1) is 17.0. The molecule has 0 aromatic heterocycles. The average Bonchev–Trinajstić information content (AvgIpc) is 2.87. The van der Waals surface area contributed by atoms with E-state index in [9.17, 15) is 15.0 Å². The lowest BCUT2D eigenvalue weighted by Crippen LogP contribution is -2.57. The number of hydrogen-bond donors (Lipinski definition) is 2. The summed E-state index contributed by atoms with van der Waals surface area (Å²) in [7, 11) is 0. The number of aliphatic hydroxyl groups excluding tert-OH is 2. The molecule has 0 aromatic carbocycles. The van der Waals surface area contributed by atoms with Gasteiger partial charge in [0.2, 0.25) is 0 Å². The molecule has 0 unspecified atom stereocenters. The zero-order valence-electron chi connectivity index (χ0n) is 15.5. The third-order valence-corrected chi connectivity index (χ3v) is 9.09. The van der Waals surface area contributed by atoms with Gasteiger partial charge in [-0.15, -0.1) is 0 Å². The van der Waals surface area contributed by atoms with Crippen LogP contribution in [0.25, 0.3) is 0 Å². The van der Waals surface area contributed by atoms with Crippen LogP contribution in [0, 0.1) is 40.4 Å². The number of aliphatic hydroxyl groups is 2. The van der Waals surface area contributed by atoms with Gasteiger partial charge in [0.05, 0.1) is 12.2 Å². The van der Waals surface area contributed by atoms with Crippen molar-refractivity contribution in [2.24, 2.45) is 40.4 Å². The van der Waals surface area contributed by atoms with Crippen LogP contribution < -0.4 is 0 Å². The molecule has 2 N–H and O–H groups in total. The third-order valence-electron chi connectivity index (χ3n) is 9.09. The van der Waals surface area contributed by atoms with E-state index in [0.717, 1.165) is 25.7 Å². The Morgan fingerprint density at radius 1 is 1.04 bits per heavy atom. The lowest BCUT2D eigenvalue weighted by molar-refractivity contribution is -0.160. The first-order valence-corrected chi connectivity index (χ1v) is 10.2. The molecule has 4 aliphatic rings. The summed E-state index contributed by atoms with van der Waals surface area (Å²) in [5.41, 5.74) is 0.316. The number of Topliss-reactive ketones (excluding diaryl/α,β-unsaturated/α-hetero) is 1. The van der Waals surface area contributed by atoms with Crippen molar-refractivity contribution in [1.82, 2.24) is 0 Å². The fraction of sp³-hybridized carbons (Fsp3) is 0.952. The minimum Gasteiger partial charge on any atom is -0.393 e. The minimum absolute atomic E-state index is 0.0841. The van der Waals surface area contributed by atoms with Crippen molar-refractivity contribution in [2.75, 3.05) is 0 Å². The predicted octanol–water partition coefficient (Wildman–Crippen LogP) is 3.57. The van der Waals surface area contributed by atoms with E-state index in [1.165, 1.54) is 19.3 Å². The van der Waals surface area contributed by atoms with Gasteiger partial charge >= 0.3 is 0 Å². The second-order valence-corrected chi connectivity index (χ2v) is 10.0. The number of carbonyl (C=O) groups is 1. The molecular weight excluding hydrogens is 300 g/mol. The molecule has 3 heteroatoms. The Balaban J connectivity index is 1.66. The maximum atomic E-state index is 13.0. The highest BCUT2D eigenvalue weighted by Gasteiger charge is 2.62. The summed E-state index contributed by atoms with van der Waals surface area (Å²) >= 11 is 0. The number of ketones is 1. The van der Waals surface area contributed by atoms with Gasteiger partial charge < -0.3 is 10.2 Å². The summed E-state index contributed by atoms with van der Waals surface area (Å²) in [5.74, 6) is 2.65. The number of carbonyl (C=O) groups excluding carboxylic acids is 1. The van der Waals surface area contributed by atoms with Crippen LogP contribution in [-0.2, 0) is 4.79 Å². The van der Waals surface area contributed by atoms with E-state index < -0.39 is 0 Å². The molecule has 4 fully saturated rings. The average molecular weight is 335 g/mol. The second-order valence-electron chi connectivity index (χ2n) is 10.0. The SMILES string of the molecule is C[C@H](O)[C@H]1CC[C@@H]2[C@@H]3CC(=O)[C@H]4C[C@@H](O)CC[C@@]4(C)[C@@H]3CC[C@@]21C. The molecule has 24 heavy (non-hydrogen) atoms. The Morgan fingerprint density at radius 2 is 1.71 bits per heavy atom. The quantitative estimate of drug-likeness (QED) is 0.771. The maximum Gasteiger partial charge on any atom is 0.136 e. The van der Waals surface area contributed by atoms with Gasteiger partial charge in [-0.3, -0.25) is 4.79 Å². The normalized spacial score (nSPS) is 55.5. The highest BCUT2D eigenvalue weighted by molar-refractivity contribution is 5.83. The number of fused-ring (bicyclic) bond motifs is 5. The van der Waals surface area contributed by atoms with Crippen molar-refractivity contribution < 1.29 is 15.0 Å². The molecule has 3 nitrogen and oxygen atoms in total. The lowest BCUT2D eigenvalue weighted by Gasteiger charge is -2.60. The Hall–Kier alpha value is -0.410. The van der Waals surface area contributed by atoms with E-state index in [0.29, 0.717) is 35.9 Å². The van der Waals surface area contributed by atoms with E-state index in [-0.39, 0.29) is 29.0 Å². The molecule has 4 rings (SSSR count). The van der Waals surface area contributed by atoms with Crippen molar-refractivity contribution in [3.05, 3.63) is 0 Å². The predicted molar refractivity (Wildman–Crippen MR) is 93.3 cm³/mol. The number of hydrogen-bond acceptors (Lipinski definition) is 3. The van der Waals surface area contributed by atoms with Crippen molar-refractivity contribution in [3.8, 4) is 0 Å². The molecule has 0 aliphatic heterocycles. The summed E-state index contributed by atoms with van der Waals surface area (Å²) < 4.78 is 0. The molecule has 4 saturated carbocycles. The minimum atomic E-state index is -0.275. The topological polar surface area (TPSA) is 57.5 Å². The van der Waals surface area contributed by atoms with Crippen molar-refractivity contribution in [2.45, 2.75) is 84.3 Å². The highest BCUT2D eigenvalue weighted by Crippen LogP contribution is 2.67.